The summed E-state index contributed by atoms with van der Waals surface area (Å²) in [6, 6.07) is 8.44. The van der Waals surface area contributed by atoms with Crippen molar-refractivity contribution in [3.63, 3.8) is 0 Å². The molecule has 0 bridgehead atoms. The van der Waals surface area contributed by atoms with Gasteiger partial charge in [-0.15, -0.1) is 0 Å². The lowest BCUT2D eigenvalue weighted by Gasteiger charge is -2.45. The molecular weight excluding hydrogens is 326 g/mol. The predicted octanol–water partition coefficient (Wildman–Crippen LogP) is 4.17. The van der Waals surface area contributed by atoms with Gasteiger partial charge in [0.25, 0.3) is 0 Å². The Labute approximate surface area is 135 Å². The summed E-state index contributed by atoms with van der Waals surface area (Å²) >= 11 is 3.51. The maximum absolute atomic E-state index is 6.24. The molecule has 1 aliphatic carbocycles. The molecule has 0 aromatic heterocycles. The van der Waals surface area contributed by atoms with Gasteiger partial charge in [-0.25, -0.2) is 0 Å². The predicted molar refractivity (Wildman–Crippen MR) is 92.6 cm³/mol. The third-order valence-corrected chi connectivity index (χ3v) is 5.65. The smallest absolute Gasteiger partial charge is 0.196 e. The second-order valence-electron chi connectivity index (χ2n) is 6.81. The van der Waals surface area contributed by atoms with Crippen LogP contribution in [0.4, 0.5) is 5.69 Å². The van der Waals surface area contributed by atoms with Crippen molar-refractivity contribution in [2.45, 2.75) is 45.1 Å². The highest BCUT2D eigenvalue weighted by Crippen LogP contribution is 2.44. The van der Waals surface area contributed by atoms with Crippen LogP contribution in [0.25, 0.3) is 0 Å². The molecule has 2 aliphatic rings. The number of rotatable bonds is 2. The molecule has 1 aliphatic heterocycles. The van der Waals surface area contributed by atoms with Gasteiger partial charge in [0, 0.05) is 10.2 Å². The van der Waals surface area contributed by atoms with E-state index in [1.54, 1.807) is 0 Å². The minimum atomic E-state index is 0.102. The number of nitrogens with zero attached hydrogens (tertiary/aromatic N) is 2. The van der Waals surface area contributed by atoms with E-state index in [0.29, 0.717) is 5.96 Å². The van der Waals surface area contributed by atoms with Crippen molar-refractivity contribution in [2.24, 2.45) is 22.6 Å². The first-order valence-corrected chi connectivity index (χ1v) is 8.67. The Balaban J connectivity index is 1.92. The fourth-order valence-corrected chi connectivity index (χ4v) is 4.17. The second-order valence-corrected chi connectivity index (χ2v) is 7.73. The van der Waals surface area contributed by atoms with Gasteiger partial charge in [-0.2, -0.15) is 0 Å². The topological polar surface area (TPSA) is 41.6 Å². The molecule has 1 saturated carbocycles. The minimum Gasteiger partial charge on any atom is -0.369 e. The van der Waals surface area contributed by atoms with Gasteiger partial charge >= 0.3 is 0 Å². The summed E-state index contributed by atoms with van der Waals surface area (Å²) in [5, 5.41) is 0. The van der Waals surface area contributed by atoms with Gasteiger partial charge in [-0.1, -0.05) is 42.6 Å². The average Bonchev–Trinajstić information content (AvgIpc) is 2.77. The van der Waals surface area contributed by atoms with Crippen LogP contribution in [0.2, 0.25) is 0 Å². The minimum absolute atomic E-state index is 0.102. The third kappa shape index (κ3) is 2.70. The Kier molecular flexibility index (Phi) is 4.00. The van der Waals surface area contributed by atoms with Gasteiger partial charge in [0.15, 0.2) is 5.96 Å². The van der Waals surface area contributed by atoms with Crippen molar-refractivity contribution >= 4 is 27.6 Å². The monoisotopic (exact) mass is 349 g/mol. The van der Waals surface area contributed by atoms with E-state index in [0.717, 1.165) is 22.9 Å². The van der Waals surface area contributed by atoms with Crippen LogP contribution in [-0.2, 0) is 0 Å². The number of anilines is 1. The summed E-state index contributed by atoms with van der Waals surface area (Å²) in [6.07, 6.45) is 5.01. The first-order chi connectivity index (χ1) is 10.0. The lowest BCUT2D eigenvalue weighted by Crippen LogP contribution is -2.54. The summed E-state index contributed by atoms with van der Waals surface area (Å²) in [5.74, 6) is 2.19. The molecule has 0 saturated heterocycles. The zero-order valence-corrected chi connectivity index (χ0v) is 14.4. The molecule has 1 fully saturated rings. The molecule has 114 valence electrons. The van der Waals surface area contributed by atoms with Crippen molar-refractivity contribution in [1.29, 1.82) is 0 Å². The van der Waals surface area contributed by atoms with Crippen LogP contribution in [0, 0.1) is 11.8 Å². The molecular formula is C17H24BrN3. The van der Waals surface area contributed by atoms with Crippen LogP contribution in [-0.4, -0.2) is 18.0 Å². The van der Waals surface area contributed by atoms with Gasteiger partial charge in [0.05, 0.1) is 12.1 Å². The van der Waals surface area contributed by atoms with E-state index in [1.165, 1.54) is 31.4 Å². The Hall–Kier alpha value is -1.03. The summed E-state index contributed by atoms with van der Waals surface area (Å²) in [6.45, 7) is 5.53. The lowest BCUT2D eigenvalue weighted by molar-refractivity contribution is 0.195. The molecule has 0 amide bonds. The van der Waals surface area contributed by atoms with Crippen LogP contribution in [0.1, 0.15) is 39.5 Å². The molecule has 3 rings (SSSR count). The van der Waals surface area contributed by atoms with Crippen molar-refractivity contribution in [1.82, 2.24) is 0 Å². The van der Waals surface area contributed by atoms with Gasteiger partial charge in [-0.3, -0.25) is 4.99 Å². The first-order valence-electron chi connectivity index (χ1n) is 7.87. The molecule has 1 heterocycles. The van der Waals surface area contributed by atoms with Gasteiger partial charge < -0.3 is 10.6 Å². The molecule has 3 nitrogen and oxygen atoms in total. The standard InChI is InChI=1S/C17H24BrN3/c1-12(2)13-4-3-9-17(10-13)11-20-16(19)21(17)15-7-5-14(18)6-8-15/h5-8,12-13H,3-4,9-11H2,1-2H3,(H2,19,20). The highest BCUT2D eigenvalue weighted by atomic mass is 79.9. The van der Waals surface area contributed by atoms with Crippen molar-refractivity contribution in [2.75, 3.05) is 11.4 Å². The summed E-state index contributed by atoms with van der Waals surface area (Å²) in [7, 11) is 0. The molecule has 1 aromatic rings. The Bertz CT molecular complexity index is 537. The molecule has 21 heavy (non-hydrogen) atoms. The van der Waals surface area contributed by atoms with E-state index in [2.05, 4.69) is 63.9 Å². The van der Waals surface area contributed by atoms with E-state index in [-0.39, 0.29) is 5.54 Å². The molecule has 4 heteroatoms. The van der Waals surface area contributed by atoms with E-state index < -0.39 is 0 Å². The van der Waals surface area contributed by atoms with Gasteiger partial charge in [-0.05, 0) is 48.9 Å². The zero-order chi connectivity index (χ0) is 15.0. The lowest BCUT2D eigenvalue weighted by atomic mass is 9.71. The highest BCUT2D eigenvalue weighted by Gasteiger charge is 2.46. The molecule has 2 unspecified atom stereocenters. The van der Waals surface area contributed by atoms with Crippen LogP contribution in [0.3, 0.4) is 0 Å². The van der Waals surface area contributed by atoms with Crippen LogP contribution < -0.4 is 10.6 Å². The second kappa shape index (κ2) is 5.64. The van der Waals surface area contributed by atoms with Crippen molar-refractivity contribution in [3.05, 3.63) is 28.7 Å². The first kappa shape index (κ1) is 14.9. The average molecular weight is 350 g/mol. The van der Waals surface area contributed by atoms with Crippen LogP contribution in [0.5, 0.6) is 0 Å². The number of aliphatic imine (C=N–C) groups is 1. The summed E-state index contributed by atoms with van der Waals surface area (Å²) in [4.78, 5) is 6.90. The van der Waals surface area contributed by atoms with E-state index in [1.807, 2.05) is 0 Å². The van der Waals surface area contributed by atoms with E-state index >= 15 is 0 Å². The fourth-order valence-electron chi connectivity index (χ4n) is 3.91. The van der Waals surface area contributed by atoms with Crippen molar-refractivity contribution < 1.29 is 0 Å². The largest absolute Gasteiger partial charge is 0.369 e. The molecule has 0 radical (unpaired) electrons. The summed E-state index contributed by atoms with van der Waals surface area (Å²) in [5.41, 5.74) is 7.51. The number of benzene rings is 1. The third-order valence-electron chi connectivity index (χ3n) is 5.13. The number of hydrogen-bond donors (Lipinski definition) is 1. The molecule has 2 atom stereocenters. The van der Waals surface area contributed by atoms with Gasteiger partial charge in [0.1, 0.15) is 0 Å². The zero-order valence-electron chi connectivity index (χ0n) is 12.8. The Morgan fingerprint density at radius 2 is 2.05 bits per heavy atom. The summed E-state index contributed by atoms with van der Waals surface area (Å²) < 4.78 is 1.10. The molecule has 1 spiro atoms. The normalized spacial score (nSPS) is 29.2. The number of halogens is 1. The number of nitrogens with two attached hydrogens (primary N) is 1. The number of hydrogen-bond acceptors (Lipinski definition) is 3. The van der Waals surface area contributed by atoms with E-state index in [4.69, 9.17) is 5.73 Å². The Morgan fingerprint density at radius 1 is 1.33 bits per heavy atom. The van der Waals surface area contributed by atoms with Crippen LogP contribution >= 0.6 is 15.9 Å². The Morgan fingerprint density at radius 3 is 2.71 bits per heavy atom. The van der Waals surface area contributed by atoms with Gasteiger partial charge in [0.2, 0.25) is 0 Å². The quantitative estimate of drug-likeness (QED) is 0.870. The highest BCUT2D eigenvalue weighted by molar-refractivity contribution is 9.10. The fraction of sp³-hybridized carbons (Fsp3) is 0.588. The SMILES string of the molecule is CC(C)C1CCCC2(CN=C(N)N2c2ccc(Br)cc2)C1. The molecule has 1 aromatic carbocycles. The van der Waals surface area contributed by atoms with Crippen molar-refractivity contribution in [3.8, 4) is 0 Å². The van der Waals surface area contributed by atoms with Crippen LogP contribution in [0.15, 0.2) is 33.7 Å². The maximum atomic E-state index is 6.24. The molecule has 2 N–H and O–H groups in total. The number of guanidine groups is 1. The maximum Gasteiger partial charge on any atom is 0.196 e. The van der Waals surface area contributed by atoms with E-state index in [9.17, 15) is 0 Å².